The Labute approximate surface area is 124 Å². The van der Waals surface area contributed by atoms with Crippen LogP contribution in [0.5, 0.6) is 0 Å². The summed E-state index contributed by atoms with van der Waals surface area (Å²) in [5.41, 5.74) is 0.447. The monoisotopic (exact) mass is 316 g/mol. The van der Waals surface area contributed by atoms with Gasteiger partial charge in [-0.3, -0.25) is 0 Å². The van der Waals surface area contributed by atoms with Crippen molar-refractivity contribution in [2.24, 2.45) is 5.92 Å². The Morgan fingerprint density at radius 3 is 2.81 bits per heavy atom. The van der Waals surface area contributed by atoms with E-state index in [0.717, 1.165) is 25.2 Å². The number of H-pyrrole nitrogens is 1. The minimum absolute atomic E-state index is 0.0884. The number of alkyl halides is 3. The zero-order valence-electron chi connectivity index (χ0n) is 11.4. The van der Waals surface area contributed by atoms with Crippen LogP contribution in [0, 0.1) is 10.7 Å². The number of aromatic nitrogens is 2. The van der Waals surface area contributed by atoms with Crippen LogP contribution in [-0.4, -0.2) is 22.8 Å². The molecule has 0 saturated carbocycles. The second-order valence-electron chi connectivity index (χ2n) is 5.39. The van der Waals surface area contributed by atoms with Gasteiger partial charge in [0.2, 0.25) is 0 Å². The molecule has 1 fully saturated rings. The quantitative estimate of drug-likeness (QED) is 0.837. The summed E-state index contributed by atoms with van der Waals surface area (Å²) in [6, 6.07) is 3.78. The lowest BCUT2D eigenvalue weighted by Crippen LogP contribution is -2.17. The number of benzene rings is 1. The van der Waals surface area contributed by atoms with Gasteiger partial charge in [0, 0.05) is 18.6 Å². The standard InChI is InChI=1S/C14H15F3N2OS/c1-8(9-4-5-20-7-9)19-12-3-2-10(14(15,16)17)6-11(12)18-13(19)21/h2-3,6,8-9H,4-5,7H2,1H3,(H,18,21). The number of nitrogens with one attached hydrogen (secondary N) is 1. The summed E-state index contributed by atoms with van der Waals surface area (Å²) < 4.78 is 46.0. The molecule has 1 aliphatic rings. The van der Waals surface area contributed by atoms with E-state index in [0.29, 0.717) is 28.3 Å². The molecule has 0 bridgehead atoms. The molecular formula is C14H15F3N2OS. The highest BCUT2D eigenvalue weighted by molar-refractivity contribution is 7.71. The van der Waals surface area contributed by atoms with Gasteiger partial charge >= 0.3 is 6.18 Å². The maximum atomic E-state index is 12.8. The second-order valence-corrected chi connectivity index (χ2v) is 5.78. The normalized spacial score (nSPS) is 21.0. The van der Waals surface area contributed by atoms with Gasteiger partial charge in [0.05, 0.1) is 23.2 Å². The lowest BCUT2D eigenvalue weighted by atomic mass is 10.0. The van der Waals surface area contributed by atoms with E-state index in [1.54, 1.807) is 0 Å². The van der Waals surface area contributed by atoms with Crippen molar-refractivity contribution in [3.8, 4) is 0 Å². The molecule has 1 aromatic heterocycles. The van der Waals surface area contributed by atoms with Crippen molar-refractivity contribution in [1.29, 1.82) is 0 Å². The first-order chi connectivity index (χ1) is 9.88. The number of ether oxygens (including phenoxy) is 1. The Hall–Kier alpha value is -1.34. The zero-order chi connectivity index (χ0) is 15.2. The molecule has 0 radical (unpaired) electrons. The number of halogens is 3. The van der Waals surface area contributed by atoms with E-state index in [4.69, 9.17) is 17.0 Å². The average Bonchev–Trinajstić information content (AvgIpc) is 3.02. The van der Waals surface area contributed by atoms with Crippen LogP contribution in [0.3, 0.4) is 0 Å². The predicted octanol–water partition coefficient (Wildman–Crippen LogP) is 4.32. The molecule has 0 amide bonds. The molecular weight excluding hydrogens is 301 g/mol. The summed E-state index contributed by atoms with van der Waals surface area (Å²) in [7, 11) is 0. The highest BCUT2D eigenvalue weighted by Gasteiger charge is 2.31. The van der Waals surface area contributed by atoms with Crippen LogP contribution in [0.25, 0.3) is 11.0 Å². The van der Waals surface area contributed by atoms with Gasteiger partial charge in [-0.15, -0.1) is 0 Å². The van der Waals surface area contributed by atoms with E-state index >= 15 is 0 Å². The van der Waals surface area contributed by atoms with Crippen LogP contribution in [0.1, 0.15) is 24.9 Å². The second kappa shape index (κ2) is 5.14. The first-order valence-electron chi connectivity index (χ1n) is 6.77. The summed E-state index contributed by atoms with van der Waals surface area (Å²) in [6.07, 6.45) is -3.41. The number of rotatable bonds is 2. The molecule has 0 aliphatic carbocycles. The summed E-state index contributed by atoms with van der Waals surface area (Å²) in [5.74, 6) is 0.331. The first kappa shape index (κ1) is 14.6. The fourth-order valence-electron chi connectivity index (χ4n) is 2.86. The Kier molecular flexibility index (Phi) is 3.57. The van der Waals surface area contributed by atoms with Crippen molar-refractivity contribution in [1.82, 2.24) is 9.55 Å². The molecule has 1 N–H and O–H groups in total. The Morgan fingerprint density at radius 1 is 1.43 bits per heavy atom. The minimum Gasteiger partial charge on any atom is -0.381 e. The fraction of sp³-hybridized carbons (Fsp3) is 0.500. The number of aromatic amines is 1. The van der Waals surface area contributed by atoms with E-state index in [9.17, 15) is 13.2 Å². The van der Waals surface area contributed by atoms with Crippen LogP contribution in [0.2, 0.25) is 0 Å². The number of hydrogen-bond donors (Lipinski definition) is 1. The maximum absolute atomic E-state index is 12.8. The number of imidazole rings is 1. The molecule has 3 nitrogen and oxygen atoms in total. The minimum atomic E-state index is -4.35. The van der Waals surface area contributed by atoms with Gasteiger partial charge in [0.25, 0.3) is 0 Å². The lowest BCUT2D eigenvalue weighted by Gasteiger charge is -2.20. The van der Waals surface area contributed by atoms with Crippen LogP contribution >= 0.6 is 12.2 Å². The zero-order valence-corrected chi connectivity index (χ0v) is 12.2. The third-order valence-corrected chi connectivity index (χ3v) is 4.40. The largest absolute Gasteiger partial charge is 0.416 e. The summed E-state index contributed by atoms with van der Waals surface area (Å²) >= 11 is 5.29. The highest BCUT2D eigenvalue weighted by Crippen LogP contribution is 2.33. The van der Waals surface area contributed by atoms with E-state index < -0.39 is 11.7 Å². The highest BCUT2D eigenvalue weighted by atomic mass is 32.1. The first-order valence-corrected chi connectivity index (χ1v) is 7.18. The SMILES string of the molecule is CC(C1CCOC1)n1c(=S)[nH]c2cc(C(F)(F)F)ccc21. The third kappa shape index (κ3) is 2.60. The van der Waals surface area contributed by atoms with Gasteiger partial charge in [-0.25, -0.2) is 0 Å². The molecule has 114 valence electrons. The van der Waals surface area contributed by atoms with Crippen molar-refractivity contribution >= 4 is 23.3 Å². The van der Waals surface area contributed by atoms with E-state index in [2.05, 4.69) is 4.98 Å². The van der Waals surface area contributed by atoms with Gasteiger partial charge in [0.15, 0.2) is 4.77 Å². The van der Waals surface area contributed by atoms with Crippen LogP contribution in [0.4, 0.5) is 13.2 Å². The smallest absolute Gasteiger partial charge is 0.381 e. The molecule has 2 unspecified atom stereocenters. The Balaban J connectivity index is 2.07. The van der Waals surface area contributed by atoms with Crippen molar-refractivity contribution in [2.75, 3.05) is 13.2 Å². The van der Waals surface area contributed by atoms with Crippen molar-refractivity contribution in [3.05, 3.63) is 28.5 Å². The van der Waals surface area contributed by atoms with E-state index in [1.807, 2.05) is 11.5 Å². The van der Waals surface area contributed by atoms with Gasteiger partial charge in [0.1, 0.15) is 0 Å². The number of hydrogen-bond acceptors (Lipinski definition) is 2. The summed E-state index contributed by atoms with van der Waals surface area (Å²) in [6.45, 7) is 3.42. The van der Waals surface area contributed by atoms with E-state index in [1.165, 1.54) is 6.07 Å². The fourth-order valence-corrected chi connectivity index (χ4v) is 3.23. The third-order valence-electron chi connectivity index (χ3n) is 4.10. The van der Waals surface area contributed by atoms with Crippen LogP contribution in [-0.2, 0) is 10.9 Å². The molecule has 1 saturated heterocycles. The number of fused-ring (bicyclic) bond motifs is 1. The van der Waals surface area contributed by atoms with Gasteiger partial charge in [-0.2, -0.15) is 13.2 Å². The molecule has 7 heteroatoms. The summed E-state index contributed by atoms with van der Waals surface area (Å²) in [5, 5.41) is 0. The summed E-state index contributed by atoms with van der Waals surface area (Å²) in [4.78, 5) is 2.88. The number of nitrogens with zero attached hydrogens (tertiary/aromatic N) is 1. The van der Waals surface area contributed by atoms with Gasteiger partial charge < -0.3 is 14.3 Å². The topological polar surface area (TPSA) is 29.9 Å². The van der Waals surface area contributed by atoms with Crippen molar-refractivity contribution in [3.63, 3.8) is 0 Å². The van der Waals surface area contributed by atoms with Gasteiger partial charge in [-0.05, 0) is 43.8 Å². The maximum Gasteiger partial charge on any atom is 0.416 e. The Morgan fingerprint density at radius 2 is 2.19 bits per heavy atom. The molecule has 3 rings (SSSR count). The predicted molar refractivity (Wildman–Crippen MR) is 75.8 cm³/mol. The van der Waals surface area contributed by atoms with Crippen LogP contribution in [0.15, 0.2) is 18.2 Å². The molecule has 2 heterocycles. The molecule has 21 heavy (non-hydrogen) atoms. The molecule has 2 aromatic rings. The Bertz CT molecular complexity index is 713. The average molecular weight is 316 g/mol. The van der Waals surface area contributed by atoms with Crippen molar-refractivity contribution < 1.29 is 17.9 Å². The lowest BCUT2D eigenvalue weighted by molar-refractivity contribution is -0.137. The van der Waals surface area contributed by atoms with Crippen molar-refractivity contribution in [2.45, 2.75) is 25.6 Å². The molecule has 2 atom stereocenters. The van der Waals surface area contributed by atoms with E-state index in [-0.39, 0.29) is 6.04 Å². The molecule has 1 aliphatic heterocycles. The molecule has 1 aromatic carbocycles. The van der Waals surface area contributed by atoms with Crippen LogP contribution < -0.4 is 0 Å². The molecule has 0 spiro atoms. The van der Waals surface area contributed by atoms with Gasteiger partial charge in [-0.1, -0.05) is 0 Å².